The monoisotopic (exact) mass is 574 g/mol. The van der Waals surface area contributed by atoms with Gasteiger partial charge in [0.15, 0.2) is 19.7 Å². The van der Waals surface area contributed by atoms with E-state index in [1.165, 1.54) is 23.8 Å². The number of hydrogen-bond donors (Lipinski definition) is 0. The number of fused-ring (bicyclic) bond motifs is 1. The van der Waals surface area contributed by atoms with Gasteiger partial charge in [-0.3, -0.25) is 4.98 Å². The maximum atomic E-state index is 12.4. The molecule has 0 aliphatic heterocycles. The molecule has 0 bridgehead atoms. The molecule has 6 nitrogen and oxygen atoms in total. The molecule has 2 heterocycles. The van der Waals surface area contributed by atoms with Crippen LogP contribution in [0.15, 0.2) is 95.5 Å². The van der Waals surface area contributed by atoms with Gasteiger partial charge in [0.05, 0.1) is 15.7 Å². The molecule has 0 spiro atoms. The number of sulfone groups is 2. The molecule has 39 heavy (non-hydrogen) atoms. The molecular weight excluding hydrogens is 549 g/mol. The van der Waals surface area contributed by atoms with E-state index in [0.717, 1.165) is 43.7 Å². The third-order valence-electron chi connectivity index (χ3n) is 6.60. The van der Waals surface area contributed by atoms with Crippen LogP contribution in [0.2, 0.25) is 0 Å². The van der Waals surface area contributed by atoms with Gasteiger partial charge in [0, 0.05) is 46.8 Å². The van der Waals surface area contributed by atoms with E-state index in [-0.39, 0.29) is 4.90 Å². The molecule has 0 aliphatic carbocycles. The van der Waals surface area contributed by atoms with Crippen LogP contribution in [0.25, 0.3) is 33.7 Å². The summed E-state index contributed by atoms with van der Waals surface area (Å²) in [5, 5.41) is 2.92. The van der Waals surface area contributed by atoms with Crippen LogP contribution >= 0.6 is 11.3 Å². The quantitative estimate of drug-likeness (QED) is 0.207. The number of thiazole rings is 1. The lowest BCUT2D eigenvalue weighted by Gasteiger charge is -2.15. The highest BCUT2D eigenvalue weighted by atomic mass is 32.2. The molecule has 1 atom stereocenters. The summed E-state index contributed by atoms with van der Waals surface area (Å²) in [4.78, 5) is 9.36. The second kappa shape index (κ2) is 10.5. The van der Waals surface area contributed by atoms with Crippen molar-refractivity contribution in [3.05, 3.63) is 112 Å². The Hall–Kier alpha value is -3.66. The maximum Gasteiger partial charge on any atom is 0.175 e. The summed E-state index contributed by atoms with van der Waals surface area (Å²) in [6.45, 7) is 1.70. The van der Waals surface area contributed by atoms with Crippen LogP contribution in [0.4, 0.5) is 0 Å². The van der Waals surface area contributed by atoms with Gasteiger partial charge >= 0.3 is 0 Å². The van der Waals surface area contributed by atoms with Crippen LogP contribution in [0.1, 0.15) is 33.9 Å². The van der Waals surface area contributed by atoms with Gasteiger partial charge in [-0.05, 0) is 71.7 Å². The first-order chi connectivity index (χ1) is 18.5. The summed E-state index contributed by atoms with van der Waals surface area (Å²) in [6.07, 6.45) is 7.93. The highest BCUT2D eigenvalue weighted by Gasteiger charge is 2.20. The molecule has 0 saturated carbocycles. The van der Waals surface area contributed by atoms with Crippen molar-refractivity contribution in [3.63, 3.8) is 0 Å². The van der Waals surface area contributed by atoms with E-state index in [0.29, 0.717) is 5.56 Å². The molecule has 9 heteroatoms. The lowest BCUT2D eigenvalue weighted by molar-refractivity contribution is 0.592. The standard InChI is InChI=1S/C30H26N2O4S3/c1-20(38(2,33)34)25-18-24-8-5-13-31-29(24)27(19-25)23-7-4-6-21(16-23)17-28(30-32-14-15-37-30)22-9-11-26(12-10-22)39(3,35)36/h4-20H,1-3H3. The fraction of sp³-hybridized carbons (Fsp3) is 0.133. The minimum Gasteiger partial charge on any atom is -0.256 e. The maximum absolute atomic E-state index is 12.4. The average Bonchev–Trinajstić information content (AvgIpc) is 3.45. The predicted molar refractivity (Wildman–Crippen MR) is 159 cm³/mol. The van der Waals surface area contributed by atoms with E-state index in [4.69, 9.17) is 0 Å². The van der Waals surface area contributed by atoms with Gasteiger partial charge in [-0.2, -0.15) is 0 Å². The minimum absolute atomic E-state index is 0.259. The predicted octanol–water partition coefficient (Wildman–Crippen LogP) is 6.46. The van der Waals surface area contributed by atoms with Crippen LogP contribution in [0.3, 0.4) is 0 Å². The lowest BCUT2D eigenvalue weighted by Crippen LogP contribution is -2.08. The van der Waals surface area contributed by atoms with Gasteiger partial charge in [0.1, 0.15) is 5.01 Å². The summed E-state index contributed by atoms with van der Waals surface area (Å²) in [5.41, 5.74) is 5.88. The Bertz CT molecular complexity index is 1910. The highest BCUT2D eigenvalue weighted by Crippen LogP contribution is 2.35. The summed E-state index contributed by atoms with van der Waals surface area (Å²) in [5.74, 6) is 0. The number of aromatic nitrogens is 2. The normalized spacial score (nSPS) is 13.5. The van der Waals surface area contributed by atoms with Gasteiger partial charge in [-0.25, -0.2) is 21.8 Å². The van der Waals surface area contributed by atoms with Crippen molar-refractivity contribution in [2.24, 2.45) is 0 Å². The Morgan fingerprint density at radius 1 is 0.872 bits per heavy atom. The van der Waals surface area contributed by atoms with Gasteiger partial charge in [0.2, 0.25) is 0 Å². The Balaban J connectivity index is 1.65. The molecule has 0 saturated heterocycles. The average molecular weight is 575 g/mol. The van der Waals surface area contributed by atoms with Crippen LogP contribution in [0.5, 0.6) is 0 Å². The highest BCUT2D eigenvalue weighted by molar-refractivity contribution is 7.91. The second-order valence-electron chi connectivity index (χ2n) is 9.43. The Labute approximate surface area is 232 Å². The van der Waals surface area contributed by atoms with Gasteiger partial charge in [-0.1, -0.05) is 36.4 Å². The molecule has 2 aromatic heterocycles. The summed E-state index contributed by atoms with van der Waals surface area (Å²) < 4.78 is 48.6. The van der Waals surface area contributed by atoms with Crippen molar-refractivity contribution in [2.75, 3.05) is 12.5 Å². The number of hydrogen-bond acceptors (Lipinski definition) is 7. The van der Waals surface area contributed by atoms with Gasteiger partial charge < -0.3 is 0 Å². The van der Waals surface area contributed by atoms with Gasteiger partial charge in [-0.15, -0.1) is 11.3 Å². The molecule has 5 rings (SSSR count). The van der Waals surface area contributed by atoms with Crippen molar-refractivity contribution in [1.82, 2.24) is 9.97 Å². The van der Waals surface area contributed by atoms with E-state index < -0.39 is 24.9 Å². The fourth-order valence-electron chi connectivity index (χ4n) is 4.39. The first-order valence-corrected chi connectivity index (χ1v) is 16.8. The zero-order chi connectivity index (χ0) is 27.8. The summed E-state index contributed by atoms with van der Waals surface area (Å²) in [7, 11) is -6.60. The van der Waals surface area contributed by atoms with E-state index in [1.54, 1.807) is 43.6 Å². The SMILES string of the molecule is CC(c1cc(-c2cccc(C=C(c3ccc(S(C)(=O)=O)cc3)c3nccs3)c2)c2ncccc2c1)S(C)(=O)=O. The molecular formula is C30H26N2O4S3. The second-order valence-corrected chi connectivity index (χ2v) is 14.7. The molecule has 5 aromatic rings. The number of pyridine rings is 1. The van der Waals surface area contributed by atoms with Gasteiger partial charge in [0.25, 0.3) is 0 Å². The molecule has 0 N–H and O–H groups in total. The van der Waals surface area contributed by atoms with E-state index in [1.807, 2.05) is 60.0 Å². The topological polar surface area (TPSA) is 94.1 Å². The number of rotatable bonds is 7. The molecule has 0 radical (unpaired) electrons. The largest absolute Gasteiger partial charge is 0.256 e. The third-order valence-corrected chi connectivity index (χ3v) is 10.1. The van der Waals surface area contributed by atoms with Crippen molar-refractivity contribution in [1.29, 1.82) is 0 Å². The molecule has 0 aliphatic rings. The Morgan fingerprint density at radius 2 is 1.64 bits per heavy atom. The molecule has 3 aromatic carbocycles. The Kier molecular flexibility index (Phi) is 7.24. The smallest absolute Gasteiger partial charge is 0.175 e. The summed E-state index contributed by atoms with van der Waals surface area (Å²) in [6, 6.07) is 22.3. The molecule has 0 fully saturated rings. The fourth-order valence-corrected chi connectivity index (χ4v) is 6.32. The van der Waals surface area contributed by atoms with Crippen LogP contribution in [-0.2, 0) is 19.7 Å². The Morgan fingerprint density at radius 3 is 2.31 bits per heavy atom. The lowest BCUT2D eigenvalue weighted by atomic mass is 9.95. The number of benzene rings is 3. The third kappa shape index (κ3) is 5.85. The number of nitrogens with zero attached hydrogens (tertiary/aromatic N) is 2. The van der Waals surface area contributed by atoms with Crippen LogP contribution in [0, 0.1) is 0 Å². The van der Waals surface area contributed by atoms with Crippen molar-refractivity contribution in [2.45, 2.75) is 17.1 Å². The zero-order valence-electron chi connectivity index (χ0n) is 21.6. The molecule has 0 amide bonds. The first-order valence-electron chi connectivity index (χ1n) is 12.1. The van der Waals surface area contributed by atoms with E-state index >= 15 is 0 Å². The van der Waals surface area contributed by atoms with Crippen molar-refractivity contribution < 1.29 is 16.8 Å². The van der Waals surface area contributed by atoms with Crippen LogP contribution in [-0.4, -0.2) is 39.3 Å². The minimum atomic E-state index is -3.31. The summed E-state index contributed by atoms with van der Waals surface area (Å²) >= 11 is 1.50. The van der Waals surface area contributed by atoms with Crippen LogP contribution < -0.4 is 0 Å². The van der Waals surface area contributed by atoms with Crippen molar-refractivity contribution in [3.8, 4) is 11.1 Å². The van der Waals surface area contributed by atoms with Crippen molar-refractivity contribution >= 4 is 53.6 Å². The van der Waals surface area contributed by atoms with E-state index in [9.17, 15) is 16.8 Å². The molecule has 1 unspecified atom stereocenters. The zero-order valence-corrected chi connectivity index (χ0v) is 24.0. The van der Waals surface area contributed by atoms with E-state index in [2.05, 4.69) is 9.97 Å². The first kappa shape index (κ1) is 26.9. The molecule has 198 valence electrons.